The van der Waals surface area contributed by atoms with E-state index < -0.39 is 23.1 Å². The molecule has 2 aromatic carbocycles. The molecule has 13 heteroatoms. The van der Waals surface area contributed by atoms with Crippen LogP contribution in [0.25, 0.3) is 22.3 Å². The summed E-state index contributed by atoms with van der Waals surface area (Å²) < 4.78 is 40.0. The maximum atomic E-state index is 13.3. The molecular weight excluding hydrogens is 585 g/mol. The molecule has 3 N–H and O–H groups in total. The van der Waals surface area contributed by atoms with Crippen molar-refractivity contribution in [3.63, 3.8) is 0 Å². The van der Waals surface area contributed by atoms with Crippen molar-refractivity contribution < 1.29 is 27.9 Å². The number of alkyl halides is 3. The van der Waals surface area contributed by atoms with Crippen LogP contribution < -0.4 is 15.5 Å². The first kappa shape index (κ1) is 30.2. The van der Waals surface area contributed by atoms with Gasteiger partial charge in [-0.3, -0.25) is 14.6 Å². The van der Waals surface area contributed by atoms with E-state index in [1.54, 1.807) is 50.2 Å². The maximum absolute atomic E-state index is 13.3. The van der Waals surface area contributed by atoms with Gasteiger partial charge in [0, 0.05) is 48.7 Å². The van der Waals surface area contributed by atoms with Crippen LogP contribution in [0.15, 0.2) is 54.9 Å². The van der Waals surface area contributed by atoms with E-state index >= 15 is 0 Å². The van der Waals surface area contributed by atoms with Gasteiger partial charge in [-0.1, -0.05) is 17.7 Å². The molecule has 0 radical (unpaired) electrons. The standard InChI is InChI=1S/C30H28ClF3N6O3/c1-29(2,16-41)28(43)36-13-17-4-7-23(31)22(10-17)27(42)37-20-5-6-21-24(12-20)38-25(39-26(21)40-8-3-9-40)18-11-19(15-35-14-18)30(32,33)34/h4-7,10-12,14-15,41H,3,8-9,13,16H2,1-2H3,(H,36,43)(H,37,42). The summed E-state index contributed by atoms with van der Waals surface area (Å²) in [6, 6.07) is 10.8. The van der Waals surface area contributed by atoms with Crippen LogP contribution in [-0.2, 0) is 17.5 Å². The molecular formula is C30H28ClF3N6O3. The normalized spacial score (nSPS) is 13.5. The number of amides is 2. The first-order valence-corrected chi connectivity index (χ1v) is 13.8. The molecule has 0 unspecified atom stereocenters. The highest BCUT2D eigenvalue weighted by Gasteiger charge is 2.32. The van der Waals surface area contributed by atoms with E-state index in [2.05, 4.69) is 25.6 Å². The van der Waals surface area contributed by atoms with E-state index in [1.807, 2.05) is 4.90 Å². The van der Waals surface area contributed by atoms with Crippen LogP contribution in [0.2, 0.25) is 5.02 Å². The van der Waals surface area contributed by atoms with E-state index in [0.717, 1.165) is 31.8 Å². The third-order valence-corrected chi connectivity index (χ3v) is 7.48. The Labute approximate surface area is 250 Å². The van der Waals surface area contributed by atoms with E-state index in [9.17, 15) is 27.9 Å². The number of carbonyl (C=O) groups excluding carboxylic acids is 2. The van der Waals surface area contributed by atoms with E-state index in [4.69, 9.17) is 11.6 Å². The summed E-state index contributed by atoms with van der Waals surface area (Å²) in [6.45, 7) is 4.53. The predicted octanol–water partition coefficient (Wildman–Crippen LogP) is 5.46. The molecule has 1 aliphatic heterocycles. The lowest BCUT2D eigenvalue weighted by Crippen LogP contribution is -2.38. The number of halogens is 4. The number of aromatic nitrogens is 3. The molecule has 0 aliphatic carbocycles. The molecule has 4 aromatic rings. The molecule has 1 fully saturated rings. The van der Waals surface area contributed by atoms with Crippen LogP contribution in [0.5, 0.6) is 0 Å². The van der Waals surface area contributed by atoms with Gasteiger partial charge in [0.1, 0.15) is 5.82 Å². The number of aliphatic hydroxyl groups excluding tert-OH is 1. The summed E-state index contributed by atoms with van der Waals surface area (Å²) in [7, 11) is 0. The summed E-state index contributed by atoms with van der Waals surface area (Å²) in [6.07, 6.45) is -1.58. The van der Waals surface area contributed by atoms with Crippen molar-refractivity contribution in [2.45, 2.75) is 33.0 Å². The highest BCUT2D eigenvalue weighted by Crippen LogP contribution is 2.34. The SMILES string of the molecule is CC(C)(CO)C(=O)NCc1ccc(Cl)c(C(=O)Nc2ccc3c(N4CCC4)nc(-c4cncc(C(F)(F)F)c4)nc3c2)c1. The van der Waals surface area contributed by atoms with Gasteiger partial charge in [0.2, 0.25) is 5.91 Å². The first-order chi connectivity index (χ1) is 20.4. The highest BCUT2D eigenvalue weighted by atomic mass is 35.5. The lowest BCUT2D eigenvalue weighted by molar-refractivity contribution is -0.137. The Hall–Kier alpha value is -4.29. The fraction of sp³-hybridized carbons (Fsp3) is 0.300. The minimum Gasteiger partial charge on any atom is -0.395 e. The second kappa shape index (κ2) is 11.8. The van der Waals surface area contributed by atoms with Crippen molar-refractivity contribution in [2.75, 3.05) is 29.9 Å². The Kier molecular flexibility index (Phi) is 8.26. The number of carbonyl (C=O) groups is 2. The molecule has 9 nitrogen and oxygen atoms in total. The van der Waals surface area contributed by atoms with Crippen LogP contribution in [0.4, 0.5) is 24.7 Å². The lowest BCUT2D eigenvalue weighted by atomic mass is 9.93. The number of pyridine rings is 1. The molecule has 1 saturated heterocycles. The highest BCUT2D eigenvalue weighted by molar-refractivity contribution is 6.34. The zero-order chi connectivity index (χ0) is 30.9. The Morgan fingerprint density at radius 3 is 2.49 bits per heavy atom. The number of aliphatic hydroxyl groups is 1. The molecule has 0 spiro atoms. The average Bonchev–Trinajstić information content (AvgIpc) is 2.95. The van der Waals surface area contributed by atoms with Gasteiger partial charge in [0.25, 0.3) is 5.91 Å². The molecule has 3 heterocycles. The number of fused-ring (bicyclic) bond motifs is 1. The molecule has 224 valence electrons. The molecule has 5 rings (SSSR count). The van der Waals surface area contributed by atoms with Gasteiger partial charge in [0.15, 0.2) is 5.82 Å². The zero-order valence-electron chi connectivity index (χ0n) is 23.3. The zero-order valence-corrected chi connectivity index (χ0v) is 24.1. The van der Waals surface area contributed by atoms with Crippen LogP contribution in [0.1, 0.15) is 41.8 Å². The van der Waals surface area contributed by atoms with Gasteiger partial charge >= 0.3 is 6.18 Å². The minimum absolute atomic E-state index is 0.0821. The first-order valence-electron chi connectivity index (χ1n) is 13.4. The topological polar surface area (TPSA) is 120 Å². The average molecular weight is 613 g/mol. The van der Waals surface area contributed by atoms with Gasteiger partial charge in [-0.15, -0.1) is 0 Å². The third-order valence-electron chi connectivity index (χ3n) is 7.15. The minimum atomic E-state index is -4.57. The molecule has 2 amide bonds. The summed E-state index contributed by atoms with van der Waals surface area (Å²) in [5.74, 6) is -0.179. The van der Waals surface area contributed by atoms with Gasteiger partial charge in [-0.25, -0.2) is 9.97 Å². The molecule has 0 saturated carbocycles. The smallest absolute Gasteiger partial charge is 0.395 e. The Bertz CT molecular complexity index is 1710. The Balaban J connectivity index is 1.43. The van der Waals surface area contributed by atoms with Crippen molar-refractivity contribution in [2.24, 2.45) is 5.41 Å². The fourth-order valence-corrected chi connectivity index (χ4v) is 4.56. The van der Waals surface area contributed by atoms with Crippen molar-refractivity contribution in [3.05, 3.63) is 76.6 Å². The third kappa shape index (κ3) is 6.55. The van der Waals surface area contributed by atoms with Crippen LogP contribution in [-0.4, -0.2) is 51.6 Å². The summed E-state index contributed by atoms with van der Waals surface area (Å²) in [5.41, 5.74) is -0.133. The van der Waals surface area contributed by atoms with Gasteiger partial charge in [-0.05, 0) is 62.2 Å². The van der Waals surface area contributed by atoms with Crippen molar-refractivity contribution >= 4 is 45.8 Å². The second-order valence-electron chi connectivity index (χ2n) is 10.9. The number of hydrogen-bond acceptors (Lipinski definition) is 7. The molecule has 2 aromatic heterocycles. The maximum Gasteiger partial charge on any atom is 0.417 e. The number of benzene rings is 2. The quantitative estimate of drug-likeness (QED) is 0.242. The van der Waals surface area contributed by atoms with E-state index in [0.29, 0.717) is 28.0 Å². The monoisotopic (exact) mass is 612 g/mol. The predicted molar refractivity (Wildman–Crippen MR) is 157 cm³/mol. The molecule has 43 heavy (non-hydrogen) atoms. The molecule has 0 bridgehead atoms. The van der Waals surface area contributed by atoms with E-state index in [1.165, 1.54) is 6.20 Å². The van der Waals surface area contributed by atoms with Gasteiger partial charge < -0.3 is 20.6 Å². The Morgan fingerprint density at radius 2 is 1.81 bits per heavy atom. The largest absolute Gasteiger partial charge is 0.417 e. The number of anilines is 2. The van der Waals surface area contributed by atoms with Crippen molar-refractivity contribution in [3.8, 4) is 11.4 Å². The van der Waals surface area contributed by atoms with Gasteiger partial charge in [0.05, 0.1) is 33.7 Å². The summed E-state index contributed by atoms with van der Waals surface area (Å²) >= 11 is 6.33. The summed E-state index contributed by atoms with van der Waals surface area (Å²) in [4.78, 5) is 40.4. The number of rotatable bonds is 8. The Morgan fingerprint density at radius 1 is 1.05 bits per heavy atom. The molecule has 0 atom stereocenters. The number of nitrogens with zero attached hydrogens (tertiary/aromatic N) is 4. The number of hydrogen-bond donors (Lipinski definition) is 3. The van der Waals surface area contributed by atoms with Crippen LogP contribution in [0, 0.1) is 5.41 Å². The van der Waals surface area contributed by atoms with Crippen molar-refractivity contribution in [1.29, 1.82) is 0 Å². The lowest BCUT2D eigenvalue weighted by Gasteiger charge is -2.33. The molecule has 1 aliphatic rings. The van der Waals surface area contributed by atoms with Gasteiger partial charge in [-0.2, -0.15) is 13.2 Å². The number of nitrogens with one attached hydrogen (secondary N) is 2. The summed E-state index contributed by atoms with van der Waals surface area (Å²) in [5, 5.41) is 15.8. The van der Waals surface area contributed by atoms with Crippen LogP contribution >= 0.6 is 11.6 Å². The fourth-order valence-electron chi connectivity index (χ4n) is 4.35. The van der Waals surface area contributed by atoms with E-state index in [-0.39, 0.29) is 41.0 Å². The second-order valence-corrected chi connectivity index (χ2v) is 11.3. The van der Waals surface area contributed by atoms with Crippen molar-refractivity contribution in [1.82, 2.24) is 20.3 Å². The van der Waals surface area contributed by atoms with Crippen LogP contribution in [0.3, 0.4) is 0 Å².